The summed E-state index contributed by atoms with van der Waals surface area (Å²) < 4.78 is 0. The number of nitriles is 1. The second-order valence-electron chi connectivity index (χ2n) is 4.20. The number of nitrogens with zero attached hydrogens (tertiary/aromatic N) is 3. The summed E-state index contributed by atoms with van der Waals surface area (Å²) in [5.74, 6) is -0.520. The van der Waals surface area contributed by atoms with Crippen LogP contribution in [0, 0.1) is 21.4 Å². The molecule has 1 aliphatic heterocycles. The molecule has 1 aliphatic rings. The van der Waals surface area contributed by atoms with E-state index in [1.54, 1.807) is 0 Å². The highest BCUT2D eigenvalue weighted by Crippen LogP contribution is 2.17. The molecule has 21 heavy (non-hydrogen) atoms. The number of nitro groups is 1. The maximum Gasteiger partial charge on any atom is 0.329 e. The Labute approximate surface area is 119 Å². The van der Waals surface area contributed by atoms with Gasteiger partial charge in [0.2, 0.25) is 0 Å². The quantitative estimate of drug-likeness (QED) is 0.388. The predicted octanol–water partition coefficient (Wildman–Crippen LogP) is 1.40. The van der Waals surface area contributed by atoms with E-state index in [2.05, 4.69) is 5.32 Å². The van der Waals surface area contributed by atoms with E-state index in [1.807, 2.05) is 6.07 Å². The van der Waals surface area contributed by atoms with Crippen LogP contribution in [0.4, 0.5) is 10.5 Å². The number of carbonyl (C=O) groups excluding carboxylic acids is 2. The number of urea groups is 1. The number of imide groups is 1. The van der Waals surface area contributed by atoms with E-state index in [0.29, 0.717) is 5.56 Å². The number of carbonyl (C=O) groups is 2. The summed E-state index contributed by atoms with van der Waals surface area (Å²) in [6.07, 6.45) is 1.49. The van der Waals surface area contributed by atoms with Gasteiger partial charge >= 0.3 is 6.03 Å². The fourth-order valence-electron chi connectivity index (χ4n) is 1.80. The van der Waals surface area contributed by atoms with Gasteiger partial charge in [0.15, 0.2) is 0 Å². The van der Waals surface area contributed by atoms with Gasteiger partial charge in [-0.05, 0) is 23.8 Å². The number of hydrogen-bond acceptors (Lipinski definition) is 5. The van der Waals surface area contributed by atoms with E-state index in [1.165, 1.54) is 30.3 Å². The highest BCUT2D eigenvalue weighted by atomic mass is 16.6. The average molecular weight is 286 g/mol. The maximum absolute atomic E-state index is 12.0. The van der Waals surface area contributed by atoms with Gasteiger partial charge in [0, 0.05) is 18.7 Å². The largest absolute Gasteiger partial charge is 0.329 e. The van der Waals surface area contributed by atoms with E-state index >= 15 is 0 Å². The van der Waals surface area contributed by atoms with Crippen LogP contribution >= 0.6 is 0 Å². The topological polar surface area (TPSA) is 116 Å². The molecule has 106 valence electrons. The molecule has 0 spiro atoms. The van der Waals surface area contributed by atoms with Crippen molar-refractivity contribution in [3.8, 4) is 6.07 Å². The molecule has 1 fully saturated rings. The first kappa shape index (κ1) is 14.2. The first-order valence-electron chi connectivity index (χ1n) is 5.99. The lowest BCUT2D eigenvalue weighted by atomic mass is 10.1. The van der Waals surface area contributed by atoms with E-state index in [-0.39, 0.29) is 24.4 Å². The van der Waals surface area contributed by atoms with Gasteiger partial charge in [-0.3, -0.25) is 19.8 Å². The van der Waals surface area contributed by atoms with E-state index in [0.717, 1.165) is 4.90 Å². The third-order valence-electron chi connectivity index (χ3n) is 2.82. The standard InChI is InChI=1S/C13H10N4O4/c14-6-1-7-16-12(18)11(15-13(16)19)8-9-2-4-10(5-3-9)17(20)21/h2-5,8H,1,7H2,(H,15,19)/b11-8-. The minimum Gasteiger partial charge on any atom is -0.303 e. The summed E-state index contributed by atoms with van der Waals surface area (Å²) >= 11 is 0. The maximum atomic E-state index is 12.0. The zero-order valence-electron chi connectivity index (χ0n) is 10.8. The molecule has 8 nitrogen and oxygen atoms in total. The van der Waals surface area contributed by atoms with Crippen LogP contribution in [0.2, 0.25) is 0 Å². The number of hydrogen-bond donors (Lipinski definition) is 1. The minimum absolute atomic E-state index is 0.0266. The van der Waals surface area contributed by atoms with E-state index < -0.39 is 16.9 Å². The van der Waals surface area contributed by atoms with Crippen LogP contribution < -0.4 is 5.32 Å². The number of benzene rings is 1. The zero-order valence-corrected chi connectivity index (χ0v) is 10.8. The van der Waals surface area contributed by atoms with Gasteiger partial charge in [0.05, 0.1) is 17.4 Å². The molecule has 3 amide bonds. The zero-order chi connectivity index (χ0) is 15.4. The minimum atomic E-state index is -0.580. The molecule has 0 aromatic heterocycles. The van der Waals surface area contributed by atoms with Crippen LogP contribution in [0.3, 0.4) is 0 Å². The van der Waals surface area contributed by atoms with Crippen LogP contribution in [0.25, 0.3) is 6.08 Å². The summed E-state index contributed by atoms with van der Waals surface area (Å²) in [4.78, 5) is 34.5. The molecule has 1 heterocycles. The third kappa shape index (κ3) is 3.03. The Bertz CT molecular complexity index is 672. The summed E-state index contributed by atoms with van der Waals surface area (Å²) in [5.41, 5.74) is 0.563. The first-order valence-corrected chi connectivity index (χ1v) is 5.99. The van der Waals surface area contributed by atoms with Crippen LogP contribution in [0.1, 0.15) is 12.0 Å². The molecular weight excluding hydrogens is 276 g/mol. The molecule has 0 atom stereocenters. The monoisotopic (exact) mass is 286 g/mol. The van der Waals surface area contributed by atoms with E-state index in [4.69, 9.17) is 5.26 Å². The van der Waals surface area contributed by atoms with Gasteiger partial charge in [0.25, 0.3) is 11.6 Å². The molecule has 0 aliphatic carbocycles. The summed E-state index contributed by atoms with van der Waals surface area (Å²) in [7, 11) is 0. The molecule has 1 N–H and O–H groups in total. The smallest absolute Gasteiger partial charge is 0.303 e. The fraction of sp³-hybridized carbons (Fsp3) is 0.154. The van der Waals surface area contributed by atoms with E-state index in [9.17, 15) is 19.7 Å². The molecule has 1 aromatic carbocycles. The van der Waals surface area contributed by atoms with Crippen molar-refractivity contribution in [3.05, 3.63) is 45.6 Å². The van der Waals surface area contributed by atoms with Crippen LogP contribution in [0.5, 0.6) is 0 Å². The number of nitro benzene ring substituents is 1. The summed E-state index contributed by atoms with van der Waals surface area (Å²) in [6, 6.07) is 6.84. The second-order valence-corrected chi connectivity index (χ2v) is 4.20. The molecule has 0 bridgehead atoms. The van der Waals surface area contributed by atoms with Crippen molar-refractivity contribution in [2.24, 2.45) is 0 Å². The summed E-state index contributed by atoms with van der Waals surface area (Å²) in [6.45, 7) is 0.0266. The van der Waals surface area contributed by atoms with Gasteiger partial charge in [-0.15, -0.1) is 0 Å². The Balaban J connectivity index is 2.18. The van der Waals surface area contributed by atoms with Gasteiger partial charge in [-0.2, -0.15) is 5.26 Å². The van der Waals surface area contributed by atoms with Crippen molar-refractivity contribution in [2.75, 3.05) is 6.54 Å². The molecule has 8 heteroatoms. The molecule has 1 saturated heterocycles. The van der Waals surface area contributed by atoms with Crippen molar-refractivity contribution in [3.63, 3.8) is 0 Å². The second kappa shape index (κ2) is 5.83. The number of amides is 3. The van der Waals surface area contributed by atoms with Gasteiger partial charge in [-0.1, -0.05) is 0 Å². The average Bonchev–Trinajstić information content (AvgIpc) is 2.72. The van der Waals surface area contributed by atoms with Crippen LogP contribution in [-0.4, -0.2) is 28.3 Å². The molecule has 0 radical (unpaired) electrons. The summed E-state index contributed by atoms with van der Waals surface area (Å²) in [5, 5.41) is 21.4. The van der Waals surface area contributed by atoms with Crippen LogP contribution in [-0.2, 0) is 4.79 Å². The van der Waals surface area contributed by atoms with Gasteiger partial charge < -0.3 is 5.32 Å². The first-order chi connectivity index (χ1) is 10.0. The lowest BCUT2D eigenvalue weighted by Gasteiger charge is -2.07. The van der Waals surface area contributed by atoms with Crippen molar-refractivity contribution < 1.29 is 14.5 Å². The number of nitrogens with one attached hydrogen (secondary N) is 1. The Morgan fingerprint density at radius 3 is 2.57 bits per heavy atom. The predicted molar refractivity (Wildman–Crippen MR) is 71.5 cm³/mol. The lowest BCUT2D eigenvalue weighted by molar-refractivity contribution is -0.384. The lowest BCUT2D eigenvalue weighted by Crippen LogP contribution is -2.31. The normalized spacial score (nSPS) is 16.0. The Morgan fingerprint density at radius 1 is 1.33 bits per heavy atom. The Morgan fingerprint density at radius 2 is 2.00 bits per heavy atom. The van der Waals surface area contributed by atoms with Crippen molar-refractivity contribution in [1.29, 1.82) is 5.26 Å². The van der Waals surface area contributed by atoms with Crippen molar-refractivity contribution in [1.82, 2.24) is 10.2 Å². The molecular formula is C13H10N4O4. The van der Waals surface area contributed by atoms with Crippen molar-refractivity contribution in [2.45, 2.75) is 6.42 Å². The Hall–Kier alpha value is -3.21. The molecule has 1 aromatic rings. The molecule has 0 unspecified atom stereocenters. The SMILES string of the molecule is N#CCCN1C(=O)N/C(=C\c2ccc([N+](=O)[O-])cc2)C1=O. The number of rotatable bonds is 4. The third-order valence-corrected chi connectivity index (χ3v) is 2.82. The van der Waals surface area contributed by atoms with Crippen LogP contribution in [0.15, 0.2) is 30.0 Å². The highest BCUT2D eigenvalue weighted by molar-refractivity contribution is 6.13. The van der Waals surface area contributed by atoms with Gasteiger partial charge in [-0.25, -0.2) is 4.79 Å². The van der Waals surface area contributed by atoms with Crippen molar-refractivity contribution >= 4 is 23.7 Å². The molecule has 0 saturated carbocycles. The highest BCUT2D eigenvalue weighted by Gasteiger charge is 2.32. The number of non-ortho nitro benzene ring substituents is 1. The Kier molecular flexibility index (Phi) is 3.95. The van der Waals surface area contributed by atoms with Gasteiger partial charge in [0.1, 0.15) is 5.70 Å². The fourth-order valence-corrected chi connectivity index (χ4v) is 1.80. The molecule has 2 rings (SSSR count).